The fourth-order valence-corrected chi connectivity index (χ4v) is 2.27. The van der Waals surface area contributed by atoms with Crippen LogP contribution in [-0.2, 0) is 13.5 Å². The van der Waals surface area contributed by atoms with Crippen molar-refractivity contribution < 1.29 is 9.53 Å². The van der Waals surface area contributed by atoms with Gasteiger partial charge in [-0.15, -0.1) is 0 Å². The number of anilines is 1. The normalized spacial score (nSPS) is 10.5. The van der Waals surface area contributed by atoms with E-state index in [1.54, 1.807) is 10.7 Å². The third kappa shape index (κ3) is 3.92. The minimum Gasteiger partial charge on any atom is -0.496 e. The van der Waals surface area contributed by atoms with Crippen LogP contribution >= 0.6 is 11.6 Å². The summed E-state index contributed by atoms with van der Waals surface area (Å²) in [5.74, 6) is 0.177. The van der Waals surface area contributed by atoms with E-state index < -0.39 is 0 Å². The van der Waals surface area contributed by atoms with E-state index >= 15 is 0 Å². The van der Waals surface area contributed by atoms with Gasteiger partial charge in [-0.25, -0.2) is 0 Å². The molecule has 0 saturated heterocycles. The van der Waals surface area contributed by atoms with Gasteiger partial charge in [0.2, 0.25) is 0 Å². The third-order valence-electron chi connectivity index (χ3n) is 3.25. The summed E-state index contributed by atoms with van der Waals surface area (Å²) >= 11 is 5.96. The number of carbonyl (C=O) groups is 1. The molecule has 118 valence electrons. The summed E-state index contributed by atoms with van der Waals surface area (Å²) in [5.41, 5.74) is 7.60. The summed E-state index contributed by atoms with van der Waals surface area (Å²) < 4.78 is 6.93. The molecule has 1 aromatic carbocycles. The first-order valence-electron chi connectivity index (χ1n) is 6.90. The van der Waals surface area contributed by atoms with E-state index in [4.69, 9.17) is 22.1 Å². The van der Waals surface area contributed by atoms with Gasteiger partial charge in [-0.1, -0.05) is 11.6 Å². The predicted octanol–water partition coefficient (Wildman–Crippen LogP) is 2.03. The fourth-order valence-electron chi connectivity index (χ4n) is 2.11. The highest BCUT2D eigenvalue weighted by molar-refractivity contribution is 6.33. The molecule has 0 fully saturated rings. The van der Waals surface area contributed by atoms with Crippen LogP contribution in [-0.4, -0.2) is 29.3 Å². The molecule has 2 aromatic rings. The van der Waals surface area contributed by atoms with E-state index in [9.17, 15) is 4.79 Å². The van der Waals surface area contributed by atoms with Crippen molar-refractivity contribution in [2.75, 3.05) is 19.4 Å². The number of nitrogens with two attached hydrogens (primary N) is 1. The number of benzene rings is 1. The number of carbonyl (C=O) groups excluding carboxylic acids is 1. The van der Waals surface area contributed by atoms with Crippen molar-refractivity contribution in [1.29, 1.82) is 0 Å². The summed E-state index contributed by atoms with van der Waals surface area (Å²) in [6.07, 6.45) is 5.46. The molecule has 0 spiro atoms. The Labute approximate surface area is 134 Å². The number of nitrogen functional groups attached to an aromatic ring is 1. The van der Waals surface area contributed by atoms with Gasteiger partial charge < -0.3 is 15.8 Å². The van der Waals surface area contributed by atoms with Crippen molar-refractivity contribution in [3.8, 4) is 5.75 Å². The maximum absolute atomic E-state index is 12.2. The molecule has 6 nitrogen and oxygen atoms in total. The molecule has 7 heteroatoms. The summed E-state index contributed by atoms with van der Waals surface area (Å²) in [6.45, 7) is 0.554. The molecule has 0 atom stereocenters. The number of aryl methyl sites for hydroxylation is 2. The number of hydrogen-bond acceptors (Lipinski definition) is 4. The van der Waals surface area contributed by atoms with Crippen LogP contribution in [0.3, 0.4) is 0 Å². The van der Waals surface area contributed by atoms with E-state index in [1.807, 2.05) is 19.4 Å². The molecular weight excluding hydrogens is 304 g/mol. The van der Waals surface area contributed by atoms with Gasteiger partial charge in [0, 0.05) is 25.9 Å². The molecule has 0 saturated carbocycles. The van der Waals surface area contributed by atoms with Crippen LogP contribution in [0.5, 0.6) is 5.75 Å². The molecule has 3 N–H and O–H groups in total. The summed E-state index contributed by atoms with van der Waals surface area (Å²) in [4.78, 5) is 12.2. The Morgan fingerprint density at radius 1 is 1.50 bits per heavy atom. The Morgan fingerprint density at radius 3 is 2.91 bits per heavy atom. The van der Waals surface area contributed by atoms with Crippen molar-refractivity contribution in [1.82, 2.24) is 15.1 Å². The van der Waals surface area contributed by atoms with Crippen molar-refractivity contribution in [3.05, 3.63) is 40.7 Å². The van der Waals surface area contributed by atoms with Gasteiger partial charge >= 0.3 is 0 Å². The van der Waals surface area contributed by atoms with Gasteiger partial charge in [0.15, 0.2) is 0 Å². The number of halogens is 1. The Hall–Kier alpha value is -2.21. The fraction of sp³-hybridized carbons (Fsp3) is 0.333. The zero-order valence-corrected chi connectivity index (χ0v) is 13.4. The molecule has 1 aromatic heterocycles. The predicted molar refractivity (Wildman–Crippen MR) is 86.3 cm³/mol. The summed E-state index contributed by atoms with van der Waals surface area (Å²) in [5, 5.41) is 7.29. The molecule has 0 aliphatic rings. The lowest BCUT2D eigenvalue weighted by molar-refractivity contribution is 0.0950. The quantitative estimate of drug-likeness (QED) is 0.629. The Morgan fingerprint density at radius 2 is 2.27 bits per heavy atom. The van der Waals surface area contributed by atoms with Gasteiger partial charge in [0.25, 0.3) is 5.91 Å². The molecule has 0 bridgehead atoms. The summed E-state index contributed by atoms with van der Waals surface area (Å²) in [7, 11) is 3.37. The number of hydrogen-bond donors (Lipinski definition) is 2. The van der Waals surface area contributed by atoms with E-state index in [0.29, 0.717) is 28.6 Å². The second-order valence-electron chi connectivity index (χ2n) is 4.96. The molecule has 0 aliphatic heterocycles. The average molecular weight is 323 g/mol. The Bertz CT molecular complexity index is 670. The molecule has 0 radical (unpaired) electrons. The highest BCUT2D eigenvalue weighted by Crippen LogP contribution is 2.28. The smallest absolute Gasteiger partial charge is 0.255 e. The largest absolute Gasteiger partial charge is 0.496 e. The number of nitrogens with zero attached hydrogens (tertiary/aromatic N) is 2. The van der Waals surface area contributed by atoms with Crippen LogP contribution in [0, 0.1) is 0 Å². The lowest BCUT2D eigenvalue weighted by Crippen LogP contribution is -2.25. The third-order valence-corrected chi connectivity index (χ3v) is 3.58. The van der Waals surface area contributed by atoms with Gasteiger partial charge in [-0.2, -0.15) is 5.10 Å². The van der Waals surface area contributed by atoms with Crippen molar-refractivity contribution in [2.24, 2.45) is 7.05 Å². The number of nitrogens with one attached hydrogen (secondary N) is 1. The lowest BCUT2D eigenvalue weighted by atomic mass is 10.1. The number of ether oxygens (including phenoxy) is 1. The highest BCUT2D eigenvalue weighted by Gasteiger charge is 2.14. The van der Waals surface area contributed by atoms with E-state index in [2.05, 4.69) is 10.4 Å². The molecule has 0 unspecified atom stereocenters. The van der Waals surface area contributed by atoms with Gasteiger partial charge in [-0.3, -0.25) is 9.48 Å². The number of methoxy groups -OCH3 is 1. The first-order chi connectivity index (χ1) is 10.5. The molecule has 1 amide bonds. The van der Waals surface area contributed by atoms with Crippen molar-refractivity contribution in [2.45, 2.75) is 12.8 Å². The van der Waals surface area contributed by atoms with Crippen molar-refractivity contribution >= 4 is 23.2 Å². The first kappa shape index (κ1) is 16.2. The summed E-state index contributed by atoms with van der Waals surface area (Å²) in [6, 6.07) is 3.07. The van der Waals surface area contributed by atoms with E-state index in [1.165, 1.54) is 13.2 Å². The van der Waals surface area contributed by atoms with Crippen LogP contribution in [0.2, 0.25) is 5.02 Å². The van der Waals surface area contributed by atoms with Crippen LogP contribution in [0.4, 0.5) is 5.69 Å². The second kappa shape index (κ2) is 7.17. The molecule has 0 aliphatic carbocycles. The van der Waals surface area contributed by atoms with Crippen molar-refractivity contribution in [3.63, 3.8) is 0 Å². The van der Waals surface area contributed by atoms with Gasteiger partial charge in [-0.05, 0) is 24.5 Å². The van der Waals surface area contributed by atoms with Crippen LogP contribution in [0.25, 0.3) is 0 Å². The highest BCUT2D eigenvalue weighted by atomic mass is 35.5. The van der Waals surface area contributed by atoms with E-state index in [-0.39, 0.29) is 5.91 Å². The SMILES string of the molecule is COc1cc(N)c(Cl)cc1C(=O)NCCCc1cnn(C)c1. The second-order valence-corrected chi connectivity index (χ2v) is 5.36. The average Bonchev–Trinajstić information content (AvgIpc) is 2.91. The number of amides is 1. The maximum atomic E-state index is 12.2. The maximum Gasteiger partial charge on any atom is 0.255 e. The minimum absolute atomic E-state index is 0.232. The van der Waals surface area contributed by atoms with Crippen LogP contribution in [0.1, 0.15) is 22.3 Å². The molecule has 22 heavy (non-hydrogen) atoms. The standard InChI is InChI=1S/C15H19ClN4O2/c1-20-9-10(8-19-20)4-3-5-18-15(21)11-6-12(16)13(17)7-14(11)22-2/h6-9H,3-5,17H2,1-2H3,(H,18,21). The van der Waals surface area contributed by atoms with Crippen LogP contribution in [0.15, 0.2) is 24.5 Å². The topological polar surface area (TPSA) is 82.2 Å². The zero-order chi connectivity index (χ0) is 16.1. The number of rotatable bonds is 6. The Kier molecular flexibility index (Phi) is 5.27. The first-order valence-corrected chi connectivity index (χ1v) is 7.27. The van der Waals surface area contributed by atoms with Gasteiger partial charge in [0.05, 0.1) is 29.6 Å². The molecule has 2 rings (SSSR count). The minimum atomic E-state index is -0.232. The molecule has 1 heterocycles. The van der Waals surface area contributed by atoms with Gasteiger partial charge in [0.1, 0.15) is 5.75 Å². The monoisotopic (exact) mass is 322 g/mol. The zero-order valence-electron chi connectivity index (χ0n) is 12.6. The molecular formula is C15H19ClN4O2. The van der Waals surface area contributed by atoms with Crippen LogP contribution < -0.4 is 15.8 Å². The Balaban J connectivity index is 1.90. The van der Waals surface area contributed by atoms with E-state index in [0.717, 1.165) is 18.4 Å². The number of aromatic nitrogens is 2. The lowest BCUT2D eigenvalue weighted by Gasteiger charge is -2.11.